The molecule has 4 N–H and O–H groups in total. The van der Waals surface area contributed by atoms with Gasteiger partial charge in [-0.3, -0.25) is 9.59 Å². The summed E-state index contributed by atoms with van der Waals surface area (Å²) < 4.78 is 0. The molecule has 30 heavy (non-hydrogen) atoms. The first-order valence-electron chi connectivity index (χ1n) is 9.77. The summed E-state index contributed by atoms with van der Waals surface area (Å²) in [6.07, 6.45) is 0.901. The summed E-state index contributed by atoms with van der Waals surface area (Å²) in [5, 5.41) is 5.78. The lowest BCUT2D eigenvalue weighted by molar-refractivity contribution is -0.116. The molecule has 8 heteroatoms. The molecule has 2 amide bonds. The van der Waals surface area contributed by atoms with Gasteiger partial charge in [0.2, 0.25) is 5.91 Å². The van der Waals surface area contributed by atoms with Gasteiger partial charge in [-0.05, 0) is 49.3 Å². The highest BCUT2D eigenvalue weighted by Crippen LogP contribution is 2.15. The molecule has 6 nitrogen and oxygen atoms in total. The zero-order valence-corrected chi connectivity index (χ0v) is 19.2. The van der Waals surface area contributed by atoms with Gasteiger partial charge in [0.1, 0.15) is 0 Å². The highest BCUT2D eigenvalue weighted by Gasteiger charge is 2.09. The summed E-state index contributed by atoms with van der Waals surface area (Å²) in [5.74, 6) is -0.248. The Morgan fingerprint density at radius 1 is 1.00 bits per heavy atom. The van der Waals surface area contributed by atoms with Crippen LogP contribution in [0.5, 0.6) is 0 Å². The van der Waals surface area contributed by atoms with E-state index in [1.165, 1.54) is 0 Å². The molecule has 0 radical (unpaired) electrons. The Hall–Kier alpha value is -2.28. The van der Waals surface area contributed by atoms with Crippen LogP contribution in [0.15, 0.2) is 48.5 Å². The van der Waals surface area contributed by atoms with E-state index in [1.807, 2.05) is 24.3 Å². The number of carbonyl (C=O) groups is 2. The van der Waals surface area contributed by atoms with E-state index in [-0.39, 0.29) is 36.6 Å². The van der Waals surface area contributed by atoms with Crippen LogP contribution in [0.2, 0.25) is 0 Å². The quantitative estimate of drug-likeness (QED) is 0.476. The Labute approximate surface area is 191 Å². The maximum Gasteiger partial charge on any atom is 0.251 e. The van der Waals surface area contributed by atoms with Crippen molar-refractivity contribution in [1.82, 2.24) is 10.2 Å². The first-order chi connectivity index (χ1) is 13.5. The van der Waals surface area contributed by atoms with Crippen LogP contribution in [0, 0.1) is 0 Å². The van der Waals surface area contributed by atoms with Gasteiger partial charge in [0, 0.05) is 36.4 Å². The van der Waals surface area contributed by atoms with Crippen LogP contribution >= 0.6 is 24.8 Å². The number of anilines is 2. The van der Waals surface area contributed by atoms with E-state index in [1.54, 1.807) is 24.3 Å². The van der Waals surface area contributed by atoms with Crippen molar-refractivity contribution >= 4 is 48.0 Å². The lowest BCUT2D eigenvalue weighted by Crippen LogP contribution is -2.34. The van der Waals surface area contributed by atoms with E-state index < -0.39 is 0 Å². The second-order valence-corrected chi connectivity index (χ2v) is 6.61. The van der Waals surface area contributed by atoms with Gasteiger partial charge in [0.15, 0.2) is 0 Å². The maximum atomic E-state index is 12.3. The van der Waals surface area contributed by atoms with E-state index in [0.717, 1.165) is 25.2 Å². The molecule has 0 saturated heterocycles. The van der Waals surface area contributed by atoms with Crippen LogP contribution in [0.25, 0.3) is 0 Å². The van der Waals surface area contributed by atoms with Gasteiger partial charge in [-0.1, -0.05) is 38.1 Å². The summed E-state index contributed by atoms with van der Waals surface area (Å²) in [6.45, 7) is 7.53. The molecule has 0 fully saturated rings. The largest absolute Gasteiger partial charge is 0.399 e. The fraction of sp³-hybridized carbons (Fsp3) is 0.364. The van der Waals surface area contributed by atoms with Crippen molar-refractivity contribution in [2.75, 3.05) is 37.2 Å². The summed E-state index contributed by atoms with van der Waals surface area (Å²) in [7, 11) is 0. The van der Waals surface area contributed by atoms with E-state index in [9.17, 15) is 9.59 Å². The van der Waals surface area contributed by atoms with Crippen molar-refractivity contribution in [2.45, 2.75) is 26.7 Å². The molecule has 0 aromatic heterocycles. The molecule has 0 unspecified atom stereocenters. The maximum absolute atomic E-state index is 12.3. The topological polar surface area (TPSA) is 87.5 Å². The summed E-state index contributed by atoms with van der Waals surface area (Å²) in [5.41, 5.74) is 8.71. The van der Waals surface area contributed by atoms with Gasteiger partial charge in [-0.25, -0.2) is 0 Å². The van der Waals surface area contributed by atoms with Gasteiger partial charge >= 0.3 is 0 Å². The van der Waals surface area contributed by atoms with Crippen molar-refractivity contribution in [3.63, 3.8) is 0 Å². The molecule has 2 aromatic rings. The molecule has 0 saturated carbocycles. The number of carbonyl (C=O) groups excluding carboxylic acids is 2. The highest BCUT2D eigenvalue weighted by atomic mass is 35.5. The van der Waals surface area contributed by atoms with Crippen LogP contribution in [0.1, 0.15) is 36.2 Å². The number of amides is 2. The van der Waals surface area contributed by atoms with Gasteiger partial charge in [0.25, 0.3) is 5.91 Å². The molecule has 0 aliphatic heterocycles. The standard InChI is InChI=1S/C22H30N4O2.2ClH/c1-3-26(4-2)15-14-24-22(28)18-9-7-10-19(16-18)25-21(27)13-12-17-8-5-6-11-20(17)23;;/h5-11,16H,3-4,12-15,23H2,1-2H3,(H,24,28)(H,25,27);2*1H. The molecule has 0 atom stereocenters. The molecule has 166 valence electrons. The first-order valence-corrected chi connectivity index (χ1v) is 9.77. The predicted molar refractivity (Wildman–Crippen MR) is 129 cm³/mol. The normalized spacial score (nSPS) is 9.97. The second kappa shape index (κ2) is 14.7. The number of benzene rings is 2. The molecule has 0 bridgehead atoms. The van der Waals surface area contributed by atoms with Crippen molar-refractivity contribution < 1.29 is 9.59 Å². The number of halogens is 2. The van der Waals surface area contributed by atoms with Crippen molar-refractivity contribution in [3.8, 4) is 0 Å². The third kappa shape index (κ3) is 9.03. The Balaban J connectivity index is 0.00000420. The number of nitrogens with one attached hydrogen (secondary N) is 2. The smallest absolute Gasteiger partial charge is 0.251 e. The van der Waals surface area contributed by atoms with E-state index in [4.69, 9.17) is 5.73 Å². The Morgan fingerprint density at radius 3 is 2.37 bits per heavy atom. The fourth-order valence-electron chi connectivity index (χ4n) is 2.94. The number of rotatable bonds is 10. The number of aryl methyl sites for hydroxylation is 1. The molecule has 0 spiro atoms. The number of nitrogens with two attached hydrogens (primary N) is 1. The Bertz CT molecular complexity index is 798. The van der Waals surface area contributed by atoms with E-state index in [2.05, 4.69) is 29.4 Å². The number of nitrogens with zero attached hydrogens (tertiary/aromatic N) is 1. The number of hydrogen-bond acceptors (Lipinski definition) is 4. The van der Waals surface area contributed by atoms with Crippen molar-refractivity contribution in [1.29, 1.82) is 0 Å². The van der Waals surface area contributed by atoms with Gasteiger partial charge in [0.05, 0.1) is 0 Å². The zero-order chi connectivity index (χ0) is 20.4. The average molecular weight is 455 g/mol. The molecular weight excluding hydrogens is 423 g/mol. The van der Waals surface area contributed by atoms with E-state index >= 15 is 0 Å². The minimum atomic E-state index is -0.139. The summed E-state index contributed by atoms with van der Waals surface area (Å²) in [6, 6.07) is 14.5. The van der Waals surface area contributed by atoms with Crippen molar-refractivity contribution in [3.05, 3.63) is 59.7 Å². The molecule has 0 heterocycles. The third-order valence-electron chi connectivity index (χ3n) is 4.69. The number of para-hydroxylation sites is 1. The summed E-state index contributed by atoms with van der Waals surface area (Å²) in [4.78, 5) is 26.8. The van der Waals surface area contributed by atoms with Crippen LogP contribution < -0.4 is 16.4 Å². The molecule has 2 rings (SSSR count). The minimum Gasteiger partial charge on any atom is -0.399 e. The second-order valence-electron chi connectivity index (χ2n) is 6.61. The van der Waals surface area contributed by atoms with Crippen LogP contribution in [-0.4, -0.2) is 42.9 Å². The first kappa shape index (κ1) is 27.7. The molecule has 0 aliphatic rings. The fourth-order valence-corrected chi connectivity index (χ4v) is 2.94. The Morgan fingerprint density at radius 2 is 1.70 bits per heavy atom. The summed E-state index contributed by atoms with van der Waals surface area (Å²) >= 11 is 0. The third-order valence-corrected chi connectivity index (χ3v) is 4.69. The lowest BCUT2D eigenvalue weighted by atomic mass is 10.1. The van der Waals surface area contributed by atoms with Crippen LogP contribution in [0.4, 0.5) is 11.4 Å². The van der Waals surface area contributed by atoms with Crippen LogP contribution in [-0.2, 0) is 11.2 Å². The molecular formula is C22H32Cl2N4O2. The monoisotopic (exact) mass is 454 g/mol. The highest BCUT2D eigenvalue weighted by molar-refractivity contribution is 5.97. The Kier molecular flexibility index (Phi) is 13.5. The van der Waals surface area contributed by atoms with Gasteiger partial charge in [-0.2, -0.15) is 0 Å². The molecule has 0 aliphatic carbocycles. The van der Waals surface area contributed by atoms with E-state index in [0.29, 0.717) is 36.3 Å². The zero-order valence-electron chi connectivity index (χ0n) is 17.5. The number of likely N-dealkylation sites (N-methyl/N-ethyl adjacent to an activating group) is 1. The predicted octanol–water partition coefficient (Wildman–Crippen LogP) is 3.76. The van der Waals surface area contributed by atoms with Gasteiger partial charge < -0.3 is 21.3 Å². The minimum absolute atomic E-state index is 0. The lowest BCUT2D eigenvalue weighted by Gasteiger charge is -2.18. The van der Waals surface area contributed by atoms with Crippen molar-refractivity contribution in [2.24, 2.45) is 0 Å². The van der Waals surface area contributed by atoms with Crippen LogP contribution in [0.3, 0.4) is 0 Å². The number of hydrogen-bond donors (Lipinski definition) is 3. The average Bonchev–Trinajstić information content (AvgIpc) is 2.70. The SMILES string of the molecule is CCN(CC)CCNC(=O)c1cccc(NC(=O)CCc2ccccc2N)c1.Cl.Cl. The molecule has 2 aromatic carbocycles. The van der Waals surface area contributed by atoms with Gasteiger partial charge in [-0.15, -0.1) is 24.8 Å². The number of nitrogen functional groups attached to an aromatic ring is 1.